The minimum atomic E-state index is 0.575. The van der Waals surface area contributed by atoms with Crippen molar-refractivity contribution < 1.29 is 0 Å². The van der Waals surface area contributed by atoms with Gasteiger partial charge in [0.1, 0.15) is 0 Å². The number of unbranched alkanes of at least 4 members (excludes halogenated alkanes) is 1. The monoisotopic (exact) mass is 326 g/mol. The number of nitrogens with zero attached hydrogens (tertiary/aromatic N) is 2. The number of aromatic nitrogens is 1. The van der Waals surface area contributed by atoms with Crippen LogP contribution < -0.4 is 0 Å². The Labute approximate surface area is 149 Å². The quantitative estimate of drug-likeness (QED) is 0.489. The minimum Gasteiger partial charge on any atom is -0.346 e. The van der Waals surface area contributed by atoms with Crippen molar-refractivity contribution in [3.8, 4) is 17.9 Å². The van der Waals surface area contributed by atoms with E-state index in [1.54, 1.807) is 0 Å². The lowest BCUT2D eigenvalue weighted by molar-refractivity contribution is 0.771. The van der Waals surface area contributed by atoms with Crippen molar-refractivity contribution in [2.45, 2.75) is 33.1 Å². The Morgan fingerprint density at radius 1 is 0.960 bits per heavy atom. The van der Waals surface area contributed by atoms with Crippen LogP contribution in [0.5, 0.6) is 0 Å². The maximum Gasteiger partial charge on any atom is 0.0621 e. The lowest BCUT2D eigenvalue weighted by Gasteiger charge is -2.03. The highest BCUT2D eigenvalue weighted by Crippen LogP contribution is 2.27. The van der Waals surface area contributed by atoms with Crippen molar-refractivity contribution in [3.05, 3.63) is 70.4 Å². The molecule has 2 aromatic carbocycles. The summed E-state index contributed by atoms with van der Waals surface area (Å²) in [5.74, 6) is 6.73. The SMILES string of the molecule is Cc1ccc(C#Cc2c(CCCC#N)n(C)c3ccc(C)cc23)cc1. The summed E-state index contributed by atoms with van der Waals surface area (Å²) in [5.41, 5.74) is 7.02. The number of hydrogen-bond donors (Lipinski definition) is 0. The molecule has 2 heteroatoms. The van der Waals surface area contributed by atoms with E-state index >= 15 is 0 Å². The summed E-state index contributed by atoms with van der Waals surface area (Å²) in [5, 5.41) is 10.1. The topological polar surface area (TPSA) is 28.7 Å². The third-order valence-electron chi connectivity index (χ3n) is 4.56. The molecular formula is C23H22N2. The first-order chi connectivity index (χ1) is 12.1. The Balaban J connectivity index is 2.11. The van der Waals surface area contributed by atoms with Crippen LogP contribution in [0.2, 0.25) is 0 Å². The first kappa shape index (κ1) is 16.9. The Morgan fingerprint density at radius 2 is 1.68 bits per heavy atom. The van der Waals surface area contributed by atoms with Crippen molar-refractivity contribution in [2.75, 3.05) is 0 Å². The van der Waals surface area contributed by atoms with Crippen LogP contribution in [0.3, 0.4) is 0 Å². The van der Waals surface area contributed by atoms with Gasteiger partial charge in [0.25, 0.3) is 0 Å². The second kappa shape index (κ2) is 7.29. The fraction of sp³-hybridized carbons (Fsp3) is 0.261. The molecule has 25 heavy (non-hydrogen) atoms. The summed E-state index contributed by atoms with van der Waals surface area (Å²) in [6.07, 6.45) is 2.31. The fourth-order valence-corrected chi connectivity index (χ4v) is 3.15. The molecule has 0 atom stereocenters. The first-order valence-corrected chi connectivity index (χ1v) is 8.63. The second-order valence-electron chi connectivity index (χ2n) is 6.53. The average molecular weight is 326 g/mol. The van der Waals surface area contributed by atoms with E-state index < -0.39 is 0 Å². The summed E-state index contributed by atoms with van der Waals surface area (Å²) >= 11 is 0. The van der Waals surface area contributed by atoms with Gasteiger partial charge >= 0.3 is 0 Å². The van der Waals surface area contributed by atoms with E-state index in [1.165, 1.54) is 27.7 Å². The van der Waals surface area contributed by atoms with Gasteiger partial charge in [-0.05, 0) is 51.0 Å². The molecule has 0 saturated heterocycles. The highest BCUT2D eigenvalue weighted by Gasteiger charge is 2.13. The van der Waals surface area contributed by atoms with Gasteiger partial charge in [-0.3, -0.25) is 0 Å². The molecule has 0 fully saturated rings. The first-order valence-electron chi connectivity index (χ1n) is 8.63. The number of rotatable bonds is 3. The third kappa shape index (κ3) is 3.59. The van der Waals surface area contributed by atoms with E-state index in [0.29, 0.717) is 6.42 Å². The normalized spacial score (nSPS) is 10.3. The van der Waals surface area contributed by atoms with Crippen LogP contribution >= 0.6 is 0 Å². The lowest BCUT2D eigenvalue weighted by atomic mass is 10.0. The van der Waals surface area contributed by atoms with Gasteiger partial charge in [0.15, 0.2) is 0 Å². The van der Waals surface area contributed by atoms with Crippen LogP contribution in [0.25, 0.3) is 10.9 Å². The Kier molecular flexibility index (Phi) is 4.92. The Hall–Kier alpha value is -2.97. The molecule has 0 unspecified atom stereocenters. The largest absolute Gasteiger partial charge is 0.346 e. The van der Waals surface area contributed by atoms with Gasteiger partial charge in [0.2, 0.25) is 0 Å². The molecule has 1 heterocycles. The zero-order valence-electron chi connectivity index (χ0n) is 15.1. The molecule has 0 aliphatic carbocycles. The third-order valence-corrected chi connectivity index (χ3v) is 4.56. The number of benzene rings is 2. The molecule has 0 amide bonds. The van der Waals surface area contributed by atoms with Gasteiger partial charge in [-0.2, -0.15) is 5.26 Å². The molecule has 3 rings (SSSR count). The van der Waals surface area contributed by atoms with E-state index in [0.717, 1.165) is 24.0 Å². The van der Waals surface area contributed by atoms with Gasteiger partial charge < -0.3 is 4.57 Å². The smallest absolute Gasteiger partial charge is 0.0621 e. The molecule has 0 spiro atoms. The van der Waals surface area contributed by atoms with Gasteiger partial charge in [0.05, 0.1) is 11.6 Å². The Bertz CT molecular complexity index is 1000. The molecule has 2 nitrogen and oxygen atoms in total. The number of hydrogen-bond acceptors (Lipinski definition) is 1. The number of nitriles is 1. The summed E-state index contributed by atoms with van der Waals surface area (Å²) in [4.78, 5) is 0. The zero-order chi connectivity index (χ0) is 17.8. The predicted octanol–water partition coefficient (Wildman–Crippen LogP) is 5.04. The highest BCUT2D eigenvalue weighted by molar-refractivity contribution is 5.89. The van der Waals surface area contributed by atoms with Crippen molar-refractivity contribution in [2.24, 2.45) is 7.05 Å². The van der Waals surface area contributed by atoms with Crippen molar-refractivity contribution in [1.29, 1.82) is 5.26 Å². The van der Waals surface area contributed by atoms with E-state index in [-0.39, 0.29) is 0 Å². The molecule has 0 radical (unpaired) electrons. The molecule has 124 valence electrons. The van der Waals surface area contributed by atoms with E-state index in [2.05, 4.69) is 85.8 Å². The van der Waals surface area contributed by atoms with E-state index in [4.69, 9.17) is 5.26 Å². The van der Waals surface area contributed by atoms with Crippen molar-refractivity contribution >= 4 is 10.9 Å². The summed E-state index contributed by atoms with van der Waals surface area (Å²) in [7, 11) is 2.09. The van der Waals surface area contributed by atoms with Crippen LogP contribution in [0.4, 0.5) is 0 Å². The van der Waals surface area contributed by atoms with Gasteiger partial charge in [-0.25, -0.2) is 0 Å². The molecule has 0 aliphatic heterocycles. The summed E-state index contributed by atoms with van der Waals surface area (Å²) < 4.78 is 2.23. The molecule has 0 aliphatic rings. The highest BCUT2D eigenvalue weighted by atomic mass is 14.9. The van der Waals surface area contributed by atoms with Crippen molar-refractivity contribution in [1.82, 2.24) is 4.57 Å². The average Bonchev–Trinajstić information content (AvgIpc) is 2.86. The lowest BCUT2D eigenvalue weighted by Crippen LogP contribution is -1.98. The standard InChI is InChI=1S/C23H22N2/c1-17-7-10-19(11-8-17)12-13-20-21-16-18(2)9-14-23(21)25(3)22(20)6-4-5-15-24/h7-11,14,16H,4-6H2,1-3H3. The fourth-order valence-electron chi connectivity index (χ4n) is 3.15. The van der Waals surface area contributed by atoms with Crippen LogP contribution in [0.1, 0.15) is 40.8 Å². The van der Waals surface area contributed by atoms with Crippen molar-refractivity contribution in [3.63, 3.8) is 0 Å². The summed E-state index contributed by atoms with van der Waals surface area (Å²) in [6, 6.07) is 17.1. The second-order valence-corrected chi connectivity index (χ2v) is 6.53. The zero-order valence-corrected chi connectivity index (χ0v) is 15.1. The number of fused-ring (bicyclic) bond motifs is 1. The minimum absolute atomic E-state index is 0.575. The molecule has 0 N–H and O–H groups in total. The van der Waals surface area contributed by atoms with Crippen LogP contribution in [-0.2, 0) is 13.5 Å². The van der Waals surface area contributed by atoms with Crippen LogP contribution in [-0.4, -0.2) is 4.57 Å². The number of aryl methyl sites for hydroxylation is 3. The van der Waals surface area contributed by atoms with Gasteiger partial charge in [-0.15, -0.1) is 0 Å². The van der Waals surface area contributed by atoms with Gasteiger partial charge in [-0.1, -0.05) is 41.2 Å². The summed E-state index contributed by atoms with van der Waals surface area (Å²) in [6.45, 7) is 4.19. The molecule has 0 bridgehead atoms. The molecule has 1 aromatic heterocycles. The molecule has 3 aromatic rings. The van der Waals surface area contributed by atoms with Gasteiger partial charge in [0, 0.05) is 35.6 Å². The predicted molar refractivity (Wildman–Crippen MR) is 103 cm³/mol. The van der Waals surface area contributed by atoms with Crippen LogP contribution in [0.15, 0.2) is 42.5 Å². The van der Waals surface area contributed by atoms with E-state index in [1.807, 2.05) is 0 Å². The van der Waals surface area contributed by atoms with Crippen LogP contribution in [0, 0.1) is 37.0 Å². The Morgan fingerprint density at radius 3 is 2.40 bits per heavy atom. The van der Waals surface area contributed by atoms with E-state index in [9.17, 15) is 0 Å². The maximum absolute atomic E-state index is 8.85. The molecule has 0 saturated carbocycles. The maximum atomic E-state index is 8.85. The molecular weight excluding hydrogens is 304 g/mol.